The molecule has 10 heteroatoms. The zero-order valence-corrected chi connectivity index (χ0v) is 21.6. The maximum Gasteiger partial charge on any atom is 0.326 e. The third-order valence-electron chi connectivity index (χ3n) is 6.20. The number of nitrogens with two attached hydrogens (primary N) is 1. The molecule has 1 aliphatic carbocycles. The first-order valence-corrected chi connectivity index (χ1v) is 12.0. The molecule has 0 spiro atoms. The lowest BCUT2D eigenvalue weighted by Gasteiger charge is -2.32. The molecule has 5 N–H and O–H groups in total. The summed E-state index contributed by atoms with van der Waals surface area (Å²) in [6, 6.07) is 9.76. The number of amides is 2. The van der Waals surface area contributed by atoms with Crippen LogP contribution < -0.4 is 16.4 Å². The first-order chi connectivity index (χ1) is 16.1. The lowest BCUT2D eigenvalue weighted by Crippen LogP contribution is -2.61. The van der Waals surface area contributed by atoms with Crippen LogP contribution >= 0.6 is 25.0 Å². The van der Waals surface area contributed by atoms with Crippen LogP contribution in [0.15, 0.2) is 42.6 Å². The highest BCUT2D eigenvalue weighted by Gasteiger charge is 2.44. The number of hydrogen-bond donors (Lipinski definition) is 5. The highest BCUT2D eigenvalue weighted by Crippen LogP contribution is 2.31. The normalized spacial score (nSPS) is 16.1. The molecular formula is C25H33ClN4O4S. The van der Waals surface area contributed by atoms with Crippen LogP contribution in [0.3, 0.4) is 0 Å². The topological polar surface area (TPSA) is 134 Å². The van der Waals surface area contributed by atoms with E-state index in [9.17, 15) is 19.5 Å². The molecule has 1 aromatic carbocycles. The van der Waals surface area contributed by atoms with Crippen molar-refractivity contribution in [1.29, 1.82) is 0 Å². The summed E-state index contributed by atoms with van der Waals surface area (Å²) in [5, 5.41) is 14.7. The van der Waals surface area contributed by atoms with Crippen molar-refractivity contribution in [3.05, 3.63) is 48.2 Å². The first kappa shape index (κ1) is 28.5. The molecule has 1 fully saturated rings. The number of carbonyl (C=O) groups excluding carboxylic acids is 2. The maximum absolute atomic E-state index is 13.2. The molecule has 2 atom stereocenters. The smallest absolute Gasteiger partial charge is 0.326 e. The Hall–Kier alpha value is -2.78. The zero-order valence-electron chi connectivity index (χ0n) is 19.9. The fraction of sp³-hybridized carbons (Fsp3) is 0.440. The molecule has 8 nitrogen and oxygen atoms in total. The van der Waals surface area contributed by atoms with Gasteiger partial charge in [0.05, 0.1) is 10.9 Å². The van der Waals surface area contributed by atoms with E-state index in [1.807, 2.05) is 32.0 Å². The molecule has 0 saturated heterocycles. The van der Waals surface area contributed by atoms with Crippen molar-refractivity contribution in [2.45, 2.75) is 62.8 Å². The second-order valence-electron chi connectivity index (χ2n) is 9.21. The summed E-state index contributed by atoms with van der Waals surface area (Å²) in [5.74, 6) is -1.94. The van der Waals surface area contributed by atoms with Gasteiger partial charge in [0.2, 0.25) is 11.8 Å². The second-order valence-corrected chi connectivity index (χ2v) is 9.77. The van der Waals surface area contributed by atoms with E-state index in [0.29, 0.717) is 29.8 Å². The first-order valence-electron chi connectivity index (χ1n) is 11.5. The molecule has 1 heterocycles. The van der Waals surface area contributed by atoms with Gasteiger partial charge < -0.3 is 21.5 Å². The molecule has 1 saturated carbocycles. The van der Waals surface area contributed by atoms with Crippen LogP contribution in [0.4, 0.5) is 5.69 Å². The molecule has 0 radical (unpaired) electrons. The number of thiol groups is 1. The zero-order chi connectivity index (χ0) is 24.9. The van der Waals surface area contributed by atoms with Gasteiger partial charge in [-0.15, -0.1) is 12.4 Å². The van der Waals surface area contributed by atoms with Crippen molar-refractivity contribution >= 4 is 48.5 Å². The van der Waals surface area contributed by atoms with Gasteiger partial charge >= 0.3 is 5.97 Å². The number of carboxylic acids is 1. The van der Waals surface area contributed by atoms with Gasteiger partial charge in [-0.2, -0.15) is 12.6 Å². The fourth-order valence-corrected chi connectivity index (χ4v) is 4.21. The number of nitrogens with zero attached hydrogens (tertiary/aromatic N) is 1. The number of carboxylic acid groups (broad SMARTS) is 1. The maximum atomic E-state index is 13.2. The Morgan fingerprint density at radius 1 is 1.17 bits per heavy atom. The van der Waals surface area contributed by atoms with E-state index in [-0.39, 0.29) is 30.7 Å². The van der Waals surface area contributed by atoms with E-state index in [1.165, 1.54) is 0 Å². The highest BCUT2D eigenvalue weighted by molar-refractivity contribution is 7.81. The van der Waals surface area contributed by atoms with Crippen LogP contribution in [0.5, 0.6) is 0 Å². The number of rotatable bonds is 9. The summed E-state index contributed by atoms with van der Waals surface area (Å²) in [6.07, 6.45) is 4.15. The molecular weight excluding hydrogens is 488 g/mol. The van der Waals surface area contributed by atoms with Crippen molar-refractivity contribution in [1.82, 2.24) is 15.6 Å². The number of pyridine rings is 1. The molecule has 3 rings (SSSR count). The molecule has 2 aromatic rings. The van der Waals surface area contributed by atoms with Gasteiger partial charge in [0, 0.05) is 23.9 Å². The number of anilines is 1. The van der Waals surface area contributed by atoms with Crippen LogP contribution in [0.2, 0.25) is 0 Å². The van der Waals surface area contributed by atoms with E-state index in [1.54, 1.807) is 24.4 Å². The monoisotopic (exact) mass is 520 g/mol. The number of aliphatic carboxylic acids is 1. The summed E-state index contributed by atoms with van der Waals surface area (Å²) < 4.78 is 0. The van der Waals surface area contributed by atoms with Gasteiger partial charge in [0.25, 0.3) is 0 Å². The second kappa shape index (κ2) is 12.3. The molecule has 1 aromatic heterocycles. The number of aromatic nitrogens is 1. The van der Waals surface area contributed by atoms with Gasteiger partial charge in [-0.25, -0.2) is 4.79 Å². The standard InChI is InChI=1S/C25H32N4O4S.ClH/c1-15(2)21(34)22(30)29-25(10-3-4-11-25)24(33)28-20(23(31)32)12-16-8-9-19(27-14-16)17-6-5-7-18(26)13-17;/h5-9,13-15,20-21,34H,3-4,10-12,26H2,1-2H3,(H,28,33)(H,29,30)(H,31,32);1H. The van der Waals surface area contributed by atoms with E-state index in [4.69, 9.17) is 5.73 Å². The van der Waals surface area contributed by atoms with Crippen LogP contribution in [0.25, 0.3) is 11.3 Å². The highest BCUT2D eigenvalue weighted by atomic mass is 35.5. The van der Waals surface area contributed by atoms with Crippen molar-refractivity contribution in [3.8, 4) is 11.3 Å². The minimum Gasteiger partial charge on any atom is -0.480 e. The summed E-state index contributed by atoms with van der Waals surface area (Å²) >= 11 is 4.36. The van der Waals surface area contributed by atoms with Crippen LogP contribution in [0, 0.1) is 5.92 Å². The number of nitrogens with one attached hydrogen (secondary N) is 2. The Morgan fingerprint density at radius 2 is 1.86 bits per heavy atom. The van der Waals surface area contributed by atoms with E-state index in [2.05, 4.69) is 28.2 Å². The van der Waals surface area contributed by atoms with Crippen molar-refractivity contribution in [2.75, 3.05) is 5.73 Å². The SMILES string of the molecule is CC(C)C(S)C(=O)NC1(C(=O)NC(Cc2ccc(-c3cccc(N)c3)nc2)C(=O)O)CCCC1.Cl. The largest absolute Gasteiger partial charge is 0.480 e. The average Bonchev–Trinajstić information content (AvgIpc) is 3.28. The van der Waals surface area contributed by atoms with Gasteiger partial charge in [0.1, 0.15) is 11.6 Å². The fourth-order valence-electron chi connectivity index (χ4n) is 4.15. The molecule has 35 heavy (non-hydrogen) atoms. The van der Waals surface area contributed by atoms with Crippen molar-refractivity contribution in [2.24, 2.45) is 5.92 Å². The Labute approximate surface area is 217 Å². The van der Waals surface area contributed by atoms with Crippen LogP contribution in [-0.2, 0) is 20.8 Å². The Morgan fingerprint density at radius 3 is 2.40 bits per heavy atom. The third kappa shape index (κ3) is 7.11. The minimum absolute atomic E-state index is 0. The predicted molar refractivity (Wildman–Crippen MR) is 142 cm³/mol. The number of benzene rings is 1. The van der Waals surface area contributed by atoms with Gasteiger partial charge in [0.15, 0.2) is 0 Å². The average molecular weight is 521 g/mol. The number of nitrogen functional groups attached to an aromatic ring is 1. The number of halogens is 1. The quantitative estimate of drug-likeness (QED) is 0.254. The summed E-state index contributed by atoms with van der Waals surface area (Å²) in [7, 11) is 0. The molecule has 1 aliphatic rings. The minimum atomic E-state index is -1.15. The molecule has 0 bridgehead atoms. The van der Waals surface area contributed by atoms with E-state index < -0.39 is 28.7 Å². The van der Waals surface area contributed by atoms with Crippen molar-refractivity contribution < 1.29 is 19.5 Å². The van der Waals surface area contributed by atoms with Gasteiger partial charge in [-0.1, -0.05) is 44.9 Å². The Balaban J connectivity index is 0.00000432. The third-order valence-corrected chi connectivity index (χ3v) is 7.04. The van der Waals surface area contributed by atoms with Crippen LogP contribution in [-0.4, -0.2) is 44.7 Å². The molecule has 2 unspecified atom stereocenters. The van der Waals surface area contributed by atoms with Crippen molar-refractivity contribution in [3.63, 3.8) is 0 Å². The lowest BCUT2D eigenvalue weighted by atomic mass is 9.94. The summed E-state index contributed by atoms with van der Waals surface area (Å²) in [6.45, 7) is 3.76. The molecule has 2 amide bonds. The van der Waals surface area contributed by atoms with Crippen LogP contribution in [0.1, 0.15) is 45.1 Å². The van der Waals surface area contributed by atoms with E-state index >= 15 is 0 Å². The number of carbonyl (C=O) groups is 3. The summed E-state index contributed by atoms with van der Waals surface area (Å²) in [5.41, 5.74) is 7.58. The molecule has 190 valence electrons. The number of hydrogen-bond acceptors (Lipinski definition) is 6. The molecule has 0 aliphatic heterocycles. The summed E-state index contributed by atoms with van der Waals surface area (Å²) in [4.78, 5) is 42.2. The Bertz CT molecular complexity index is 1040. The van der Waals surface area contributed by atoms with Gasteiger partial charge in [-0.3, -0.25) is 14.6 Å². The van der Waals surface area contributed by atoms with Gasteiger partial charge in [-0.05, 0) is 42.5 Å². The predicted octanol–water partition coefficient (Wildman–Crippen LogP) is 3.25. The van der Waals surface area contributed by atoms with E-state index in [0.717, 1.165) is 18.4 Å². The Kier molecular flexibility index (Phi) is 9.97. The lowest BCUT2D eigenvalue weighted by molar-refractivity contribution is -0.143.